The van der Waals surface area contributed by atoms with Crippen molar-refractivity contribution in [3.63, 3.8) is 0 Å². The Labute approximate surface area is 194 Å². The second-order valence-electron chi connectivity index (χ2n) is 9.32. The predicted molar refractivity (Wildman–Crippen MR) is 128 cm³/mol. The summed E-state index contributed by atoms with van der Waals surface area (Å²) < 4.78 is 5.36. The normalized spacial score (nSPS) is 23.1. The van der Waals surface area contributed by atoms with E-state index >= 15 is 0 Å². The molecule has 1 saturated heterocycles. The number of para-hydroxylation sites is 1. The summed E-state index contributed by atoms with van der Waals surface area (Å²) in [6.45, 7) is 4.58. The lowest BCUT2D eigenvalue weighted by Gasteiger charge is -2.44. The molecule has 6 nitrogen and oxygen atoms in total. The quantitative estimate of drug-likeness (QED) is 0.635. The first-order chi connectivity index (χ1) is 16.1. The number of carbonyl (C=O) groups excluding carboxylic acids is 2. The lowest BCUT2D eigenvalue weighted by molar-refractivity contribution is -0.136. The van der Waals surface area contributed by atoms with Gasteiger partial charge in [-0.3, -0.25) is 9.59 Å². The molecule has 6 heteroatoms. The van der Waals surface area contributed by atoms with Gasteiger partial charge in [0.2, 0.25) is 5.91 Å². The largest absolute Gasteiger partial charge is 0.383 e. The van der Waals surface area contributed by atoms with Crippen LogP contribution in [0.2, 0.25) is 0 Å². The second kappa shape index (κ2) is 9.02. The van der Waals surface area contributed by atoms with Gasteiger partial charge in [-0.1, -0.05) is 43.3 Å². The Hall–Kier alpha value is -3.12. The maximum absolute atomic E-state index is 14.2. The zero-order valence-corrected chi connectivity index (χ0v) is 19.3. The molecule has 3 unspecified atom stereocenters. The summed E-state index contributed by atoms with van der Waals surface area (Å²) in [4.78, 5) is 35.1. The molecule has 33 heavy (non-hydrogen) atoms. The van der Waals surface area contributed by atoms with Crippen molar-refractivity contribution in [3.8, 4) is 0 Å². The van der Waals surface area contributed by atoms with E-state index < -0.39 is 12.0 Å². The Kier molecular flexibility index (Phi) is 5.94. The van der Waals surface area contributed by atoms with Gasteiger partial charge in [0.1, 0.15) is 0 Å². The topological polar surface area (TPSA) is 65.6 Å². The van der Waals surface area contributed by atoms with Gasteiger partial charge in [0.15, 0.2) is 0 Å². The van der Waals surface area contributed by atoms with Crippen LogP contribution in [-0.4, -0.2) is 59.9 Å². The van der Waals surface area contributed by atoms with Gasteiger partial charge < -0.3 is 19.5 Å². The molecule has 172 valence electrons. The van der Waals surface area contributed by atoms with Crippen molar-refractivity contribution in [3.05, 3.63) is 71.4 Å². The van der Waals surface area contributed by atoms with Crippen LogP contribution in [0.4, 0.5) is 0 Å². The molecule has 0 bridgehead atoms. The lowest BCUT2D eigenvalue weighted by Crippen LogP contribution is -2.50. The van der Waals surface area contributed by atoms with Gasteiger partial charge in [-0.25, -0.2) is 0 Å². The van der Waals surface area contributed by atoms with Crippen molar-refractivity contribution in [2.24, 2.45) is 5.92 Å². The van der Waals surface area contributed by atoms with Crippen LogP contribution >= 0.6 is 0 Å². The van der Waals surface area contributed by atoms with Crippen LogP contribution in [0, 0.1) is 5.92 Å². The standard InChI is InChI=1S/C27H31N3O3/c1-18-8-7-13-29(17-18)27(32)24-20-10-3-4-11-21(20)26(31)30(14-15-33-2)25(24)22-16-28-23-12-6-5-9-19(22)23/h3-6,9-12,16,18,24-25,28H,7-8,13-15,17H2,1-2H3. The number of carbonyl (C=O) groups is 2. The van der Waals surface area contributed by atoms with Crippen molar-refractivity contribution in [1.82, 2.24) is 14.8 Å². The number of benzene rings is 2. The van der Waals surface area contributed by atoms with E-state index in [1.54, 1.807) is 7.11 Å². The number of rotatable bonds is 5. The zero-order chi connectivity index (χ0) is 22.9. The minimum atomic E-state index is -0.458. The third kappa shape index (κ3) is 3.82. The fraction of sp³-hybridized carbons (Fsp3) is 0.407. The van der Waals surface area contributed by atoms with Gasteiger partial charge in [0.05, 0.1) is 18.6 Å². The third-order valence-corrected chi connectivity index (χ3v) is 7.15. The third-order valence-electron chi connectivity index (χ3n) is 7.15. The highest BCUT2D eigenvalue weighted by molar-refractivity contribution is 6.02. The molecule has 2 amide bonds. The fourth-order valence-electron chi connectivity index (χ4n) is 5.56. The minimum Gasteiger partial charge on any atom is -0.383 e. The van der Waals surface area contributed by atoms with Crippen LogP contribution < -0.4 is 0 Å². The van der Waals surface area contributed by atoms with E-state index in [0.717, 1.165) is 48.0 Å². The first kappa shape index (κ1) is 21.7. The summed E-state index contributed by atoms with van der Waals surface area (Å²) in [5, 5.41) is 1.04. The molecule has 5 rings (SSSR count). The number of H-pyrrole nitrogens is 1. The first-order valence-corrected chi connectivity index (χ1v) is 11.8. The highest BCUT2D eigenvalue weighted by Gasteiger charge is 2.46. The van der Waals surface area contributed by atoms with E-state index in [0.29, 0.717) is 24.6 Å². The van der Waals surface area contributed by atoms with Crippen LogP contribution in [0.3, 0.4) is 0 Å². The minimum absolute atomic E-state index is 0.0472. The van der Waals surface area contributed by atoms with Crippen molar-refractivity contribution in [2.45, 2.75) is 31.7 Å². The van der Waals surface area contributed by atoms with E-state index in [-0.39, 0.29) is 11.8 Å². The average molecular weight is 446 g/mol. The van der Waals surface area contributed by atoms with E-state index in [4.69, 9.17) is 4.74 Å². The number of nitrogens with one attached hydrogen (secondary N) is 1. The molecule has 1 fully saturated rings. The fourth-order valence-corrected chi connectivity index (χ4v) is 5.56. The highest BCUT2D eigenvalue weighted by Crippen LogP contribution is 2.45. The van der Waals surface area contributed by atoms with Crippen molar-refractivity contribution >= 4 is 22.7 Å². The zero-order valence-electron chi connectivity index (χ0n) is 19.3. The number of hydrogen-bond donors (Lipinski definition) is 1. The number of piperidine rings is 1. The number of hydrogen-bond acceptors (Lipinski definition) is 3. The van der Waals surface area contributed by atoms with Gasteiger partial charge >= 0.3 is 0 Å². The van der Waals surface area contributed by atoms with E-state index in [1.807, 2.05) is 58.5 Å². The van der Waals surface area contributed by atoms with Gasteiger partial charge in [-0.2, -0.15) is 0 Å². The molecule has 1 N–H and O–H groups in total. The number of nitrogens with zero attached hydrogens (tertiary/aromatic N) is 2. The molecule has 0 spiro atoms. The Bertz CT molecular complexity index is 1170. The van der Waals surface area contributed by atoms with E-state index in [9.17, 15) is 9.59 Å². The second-order valence-corrected chi connectivity index (χ2v) is 9.32. The monoisotopic (exact) mass is 445 g/mol. The Morgan fingerprint density at radius 1 is 1.12 bits per heavy atom. The molecular formula is C27H31N3O3. The van der Waals surface area contributed by atoms with Crippen molar-refractivity contribution < 1.29 is 14.3 Å². The molecule has 1 aromatic heterocycles. The Balaban J connectivity index is 1.68. The van der Waals surface area contributed by atoms with Crippen LogP contribution in [0.1, 0.15) is 53.2 Å². The smallest absolute Gasteiger partial charge is 0.254 e. The Morgan fingerprint density at radius 2 is 1.91 bits per heavy atom. The average Bonchev–Trinajstić information content (AvgIpc) is 3.27. The van der Waals surface area contributed by atoms with Crippen molar-refractivity contribution in [1.29, 1.82) is 0 Å². The SMILES string of the molecule is COCCN1C(=O)c2ccccc2C(C(=O)N2CCCC(C)C2)C1c1c[nH]c2ccccc12. The molecule has 2 aliphatic heterocycles. The Morgan fingerprint density at radius 3 is 2.73 bits per heavy atom. The molecule has 3 atom stereocenters. The molecule has 2 aromatic carbocycles. The maximum Gasteiger partial charge on any atom is 0.254 e. The number of aromatic amines is 1. The summed E-state index contributed by atoms with van der Waals surface area (Å²) in [6, 6.07) is 15.3. The van der Waals surface area contributed by atoms with Crippen LogP contribution in [0.5, 0.6) is 0 Å². The molecule has 0 radical (unpaired) electrons. The predicted octanol–water partition coefficient (Wildman–Crippen LogP) is 4.35. The van der Waals surface area contributed by atoms with Gasteiger partial charge in [-0.05, 0) is 36.5 Å². The number of aromatic nitrogens is 1. The summed E-state index contributed by atoms with van der Waals surface area (Å²) in [5.41, 5.74) is 3.43. The van der Waals surface area contributed by atoms with Gasteiger partial charge in [0.25, 0.3) is 5.91 Å². The molecular weight excluding hydrogens is 414 g/mol. The lowest BCUT2D eigenvalue weighted by atomic mass is 9.78. The number of fused-ring (bicyclic) bond motifs is 2. The van der Waals surface area contributed by atoms with Crippen LogP contribution in [-0.2, 0) is 9.53 Å². The molecule has 2 aliphatic rings. The molecule has 0 aliphatic carbocycles. The summed E-state index contributed by atoms with van der Waals surface area (Å²) in [5.74, 6) is 0.0905. The molecule has 3 aromatic rings. The molecule has 3 heterocycles. The van der Waals surface area contributed by atoms with E-state index in [2.05, 4.69) is 18.0 Å². The van der Waals surface area contributed by atoms with Gasteiger partial charge in [0, 0.05) is 55.0 Å². The summed E-state index contributed by atoms with van der Waals surface area (Å²) in [6.07, 6.45) is 4.14. The maximum atomic E-state index is 14.2. The number of likely N-dealkylation sites (tertiary alicyclic amines) is 1. The highest BCUT2D eigenvalue weighted by atomic mass is 16.5. The number of methoxy groups -OCH3 is 1. The van der Waals surface area contributed by atoms with Crippen molar-refractivity contribution in [2.75, 3.05) is 33.4 Å². The first-order valence-electron chi connectivity index (χ1n) is 11.8. The summed E-state index contributed by atoms with van der Waals surface area (Å²) >= 11 is 0. The van der Waals surface area contributed by atoms with E-state index in [1.165, 1.54) is 0 Å². The van der Waals surface area contributed by atoms with Crippen LogP contribution in [0.15, 0.2) is 54.7 Å². The van der Waals surface area contributed by atoms with Gasteiger partial charge in [-0.15, -0.1) is 0 Å². The number of amides is 2. The van der Waals surface area contributed by atoms with Crippen LogP contribution in [0.25, 0.3) is 10.9 Å². The number of ether oxygens (including phenoxy) is 1. The molecule has 0 saturated carbocycles. The summed E-state index contributed by atoms with van der Waals surface area (Å²) in [7, 11) is 1.64.